The Morgan fingerprint density at radius 1 is 0.800 bits per heavy atom. The summed E-state index contributed by atoms with van der Waals surface area (Å²) in [7, 11) is 0. The van der Waals surface area contributed by atoms with E-state index in [0.717, 1.165) is 38.8 Å². The topological polar surface area (TPSA) is 120 Å². The highest BCUT2D eigenvalue weighted by Crippen LogP contribution is 2.32. The third-order valence-electron chi connectivity index (χ3n) is 7.85. The summed E-state index contributed by atoms with van der Waals surface area (Å²) < 4.78 is 22.6. The van der Waals surface area contributed by atoms with Crippen LogP contribution >= 0.6 is 0 Å². The summed E-state index contributed by atoms with van der Waals surface area (Å²) in [4.78, 5) is 54.4. The number of piperidine rings is 1. The minimum Gasteiger partial charge on any atom is -0.461 e. The second-order valence-electron chi connectivity index (χ2n) is 11.5. The summed E-state index contributed by atoms with van der Waals surface area (Å²) >= 11 is 0. The largest absolute Gasteiger partial charge is 0.461 e. The monoisotopic (exact) mass is 614 g/mol. The predicted octanol–water partition coefficient (Wildman–Crippen LogP) is 5.34. The van der Waals surface area contributed by atoms with Gasteiger partial charge < -0.3 is 24.3 Å². The van der Waals surface area contributed by atoms with Crippen LogP contribution in [0.15, 0.2) is 78.9 Å². The SMILES string of the molecule is CC(C)OC(=O)[C@H](Cc1ccc(OC(=O)c2ccccc2)c(OC(=O)c2ccccc2)c1)NC(=O)OC1CCN2CCCCC12. The number of alkyl carbamates (subject to hydrolysis) is 1. The van der Waals surface area contributed by atoms with Gasteiger partial charge in [-0.15, -0.1) is 0 Å². The number of hydrogen-bond donors (Lipinski definition) is 1. The molecule has 45 heavy (non-hydrogen) atoms. The number of fused-ring (bicyclic) bond motifs is 1. The van der Waals surface area contributed by atoms with Crippen LogP contribution in [-0.4, -0.2) is 66.3 Å². The van der Waals surface area contributed by atoms with Crippen molar-refractivity contribution in [1.82, 2.24) is 10.2 Å². The molecule has 2 aliphatic heterocycles. The molecule has 10 nitrogen and oxygen atoms in total. The molecule has 1 N–H and O–H groups in total. The van der Waals surface area contributed by atoms with Gasteiger partial charge in [0.15, 0.2) is 11.5 Å². The number of nitrogens with zero attached hydrogens (tertiary/aromatic N) is 1. The highest BCUT2D eigenvalue weighted by molar-refractivity contribution is 5.93. The van der Waals surface area contributed by atoms with Crippen LogP contribution in [0.4, 0.5) is 4.79 Å². The zero-order valence-corrected chi connectivity index (χ0v) is 25.5. The van der Waals surface area contributed by atoms with Crippen molar-refractivity contribution in [3.63, 3.8) is 0 Å². The number of benzene rings is 3. The molecule has 0 aromatic heterocycles. The normalized spacial score (nSPS) is 18.4. The summed E-state index contributed by atoms with van der Waals surface area (Å²) in [5, 5.41) is 2.70. The van der Waals surface area contributed by atoms with Crippen LogP contribution in [0.1, 0.15) is 65.8 Å². The number of rotatable bonds is 10. The summed E-state index contributed by atoms with van der Waals surface area (Å²) in [6.45, 7) is 5.33. The Morgan fingerprint density at radius 3 is 2.09 bits per heavy atom. The van der Waals surface area contributed by atoms with Crippen molar-refractivity contribution in [3.8, 4) is 11.5 Å². The quantitative estimate of drug-likeness (QED) is 0.238. The highest BCUT2D eigenvalue weighted by atomic mass is 16.6. The smallest absolute Gasteiger partial charge is 0.408 e. The van der Waals surface area contributed by atoms with Crippen molar-refractivity contribution in [2.45, 2.75) is 70.2 Å². The molecule has 236 valence electrons. The zero-order chi connectivity index (χ0) is 31.8. The van der Waals surface area contributed by atoms with Crippen molar-refractivity contribution in [2.24, 2.45) is 0 Å². The van der Waals surface area contributed by atoms with Gasteiger partial charge in [-0.3, -0.25) is 4.90 Å². The van der Waals surface area contributed by atoms with E-state index >= 15 is 0 Å². The van der Waals surface area contributed by atoms with E-state index in [9.17, 15) is 19.2 Å². The molecule has 0 aliphatic carbocycles. The molecular formula is C35H38N2O8. The van der Waals surface area contributed by atoms with Gasteiger partial charge >= 0.3 is 24.0 Å². The van der Waals surface area contributed by atoms with E-state index in [4.69, 9.17) is 18.9 Å². The van der Waals surface area contributed by atoms with Crippen LogP contribution in [0.5, 0.6) is 11.5 Å². The van der Waals surface area contributed by atoms with E-state index in [-0.39, 0.29) is 30.1 Å². The molecule has 5 rings (SSSR count). The van der Waals surface area contributed by atoms with Crippen molar-refractivity contribution < 1.29 is 38.1 Å². The molecule has 3 atom stereocenters. The Hall–Kier alpha value is -4.70. The standard InChI is InChI=1S/C35H38N2O8/c1-23(2)42-34(40)27(36-35(41)45-29-18-20-37-19-10-9-15-28(29)37)21-24-16-17-30(43-32(38)25-11-5-3-6-12-25)31(22-24)44-33(39)26-13-7-4-8-14-26/h3-8,11-14,16-17,22-23,27-29H,9-10,15,18-21H2,1-2H3,(H,36,41)/t27-,28?,29?/m0/s1. The third-order valence-corrected chi connectivity index (χ3v) is 7.85. The minimum atomic E-state index is -1.08. The number of hydrogen-bond acceptors (Lipinski definition) is 9. The van der Waals surface area contributed by atoms with Crippen LogP contribution in [0.3, 0.4) is 0 Å². The molecule has 3 aromatic carbocycles. The Bertz CT molecular complexity index is 1490. The minimum absolute atomic E-state index is 0.00364. The summed E-state index contributed by atoms with van der Waals surface area (Å²) in [5.74, 6) is -1.92. The number of carbonyl (C=O) groups excluding carboxylic acids is 4. The molecule has 2 heterocycles. The van der Waals surface area contributed by atoms with E-state index in [2.05, 4.69) is 10.2 Å². The maximum absolute atomic E-state index is 13.1. The maximum Gasteiger partial charge on any atom is 0.408 e. The van der Waals surface area contributed by atoms with Gasteiger partial charge in [0.1, 0.15) is 12.1 Å². The maximum atomic E-state index is 13.1. The second kappa shape index (κ2) is 14.9. The molecule has 0 saturated carbocycles. The zero-order valence-electron chi connectivity index (χ0n) is 25.5. The molecule has 10 heteroatoms. The second-order valence-corrected chi connectivity index (χ2v) is 11.5. The third kappa shape index (κ3) is 8.48. The first-order chi connectivity index (χ1) is 21.8. The molecule has 3 aromatic rings. The van der Waals surface area contributed by atoms with E-state index in [0.29, 0.717) is 16.7 Å². The first-order valence-electron chi connectivity index (χ1n) is 15.4. The summed E-state index contributed by atoms with van der Waals surface area (Å²) in [6.07, 6.45) is 2.62. The molecule has 0 radical (unpaired) electrons. The molecular weight excluding hydrogens is 576 g/mol. The van der Waals surface area contributed by atoms with Gasteiger partial charge in [-0.05, 0) is 81.6 Å². The molecule has 2 unspecified atom stereocenters. The molecule has 1 amide bonds. The summed E-state index contributed by atoms with van der Waals surface area (Å²) in [6, 6.07) is 20.6. The fourth-order valence-electron chi connectivity index (χ4n) is 5.71. The molecule has 0 spiro atoms. The molecule has 2 fully saturated rings. The lowest BCUT2D eigenvalue weighted by Gasteiger charge is -2.32. The van der Waals surface area contributed by atoms with E-state index in [1.807, 2.05) is 0 Å². The average Bonchev–Trinajstić information content (AvgIpc) is 3.44. The Kier molecular flexibility index (Phi) is 10.5. The van der Waals surface area contributed by atoms with Gasteiger partial charge in [-0.1, -0.05) is 48.9 Å². The van der Waals surface area contributed by atoms with Gasteiger partial charge in [0.25, 0.3) is 0 Å². The lowest BCUT2D eigenvalue weighted by atomic mass is 10.0. The van der Waals surface area contributed by atoms with Crippen molar-refractivity contribution >= 4 is 24.0 Å². The van der Waals surface area contributed by atoms with Gasteiger partial charge in [0.2, 0.25) is 0 Å². The fraction of sp³-hybridized carbons (Fsp3) is 0.371. The number of carbonyl (C=O) groups is 4. The predicted molar refractivity (Wildman–Crippen MR) is 165 cm³/mol. The van der Waals surface area contributed by atoms with Crippen LogP contribution in [0, 0.1) is 0 Å². The van der Waals surface area contributed by atoms with Crippen LogP contribution in [0.2, 0.25) is 0 Å². The van der Waals surface area contributed by atoms with Gasteiger partial charge in [0.05, 0.1) is 17.2 Å². The number of amides is 1. The van der Waals surface area contributed by atoms with Crippen molar-refractivity contribution in [3.05, 3.63) is 95.6 Å². The van der Waals surface area contributed by atoms with E-state index in [1.165, 1.54) is 12.1 Å². The lowest BCUT2D eigenvalue weighted by molar-refractivity contribution is -0.149. The fourth-order valence-corrected chi connectivity index (χ4v) is 5.71. The number of ether oxygens (including phenoxy) is 4. The number of esters is 3. The van der Waals surface area contributed by atoms with Crippen molar-refractivity contribution in [1.29, 1.82) is 0 Å². The first-order valence-corrected chi connectivity index (χ1v) is 15.4. The first kappa shape index (κ1) is 31.7. The average molecular weight is 615 g/mol. The highest BCUT2D eigenvalue weighted by Gasteiger charge is 2.38. The molecule has 2 aliphatic rings. The lowest BCUT2D eigenvalue weighted by Crippen LogP contribution is -2.47. The molecule has 2 saturated heterocycles. The van der Waals surface area contributed by atoms with Crippen LogP contribution in [-0.2, 0) is 20.7 Å². The molecule has 0 bridgehead atoms. The van der Waals surface area contributed by atoms with Gasteiger partial charge in [0, 0.05) is 19.0 Å². The van der Waals surface area contributed by atoms with Gasteiger partial charge in [-0.2, -0.15) is 0 Å². The van der Waals surface area contributed by atoms with Gasteiger partial charge in [-0.25, -0.2) is 19.2 Å². The Labute approximate surface area is 262 Å². The Balaban J connectivity index is 1.35. The number of nitrogens with one attached hydrogen (secondary N) is 1. The van der Waals surface area contributed by atoms with E-state index in [1.54, 1.807) is 80.6 Å². The van der Waals surface area contributed by atoms with E-state index < -0.39 is 36.1 Å². The van der Waals surface area contributed by atoms with Crippen molar-refractivity contribution in [2.75, 3.05) is 13.1 Å². The van der Waals surface area contributed by atoms with Crippen LogP contribution < -0.4 is 14.8 Å². The summed E-state index contributed by atoms with van der Waals surface area (Å²) in [5.41, 5.74) is 1.14. The Morgan fingerprint density at radius 2 is 1.44 bits per heavy atom. The van der Waals surface area contributed by atoms with Crippen LogP contribution in [0.25, 0.3) is 0 Å².